The zero-order valence-electron chi connectivity index (χ0n) is 11.8. The molecule has 0 aliphatic carbocycles. The van der Waals surface area contributed by atoms with Gasteiger partial charge in [0, 0.05) is 19.8 Å². The fraction of sp³-hybridized carbons (Fsp3) is 0.500. The summed E-state index contributed by atoms with van der Waals surface area (Å²) in [4.78, 5) is 15.3. The van der Waals surface area contributed by atoms with E-state index in [1.165, 1.54) is 6.20 Å². The maximum atomic E-state index is 12.1. The van der Waals surface area contributed by atoms with Crippen LogP contribution in [0.15, 0.2) is 23.4 Å². The number of nitrogens with zero attached hydrogens (tertiary/aromatic N) is 1. The number of carbonyl (C=O) groups excluding carboxylic acids is 1. The number of pyridine rings is 1. The second kappa shape index (κ2) is 7.20. The normalized spacial score (nSPS) is 11.4. The molecule has 0 radical (unpaired) electrons. The first-order valence-electron chi connectivity index (χ1n) is 6.26. The van der Waals surface area contributed by atoms with Crippen molar-refractivity contribution in [2.45, 2.75) is 18.9 Å². The van der Waals surface area contributed by atoms with Gasteiger partial charge in [0.2, 0.25) is 5.91 Å². The van der Waals surface area contributed by atoms with Crippen LogP contribution in [0.5, 0.6) is 0 Å². The van der Waals surface area contributed by atoms with Gasteiger partial charge in [-0.1, -0.05) is 13.8 Å². The van der Waals surface area contributed by atoms with E-state index in [2.05, 4.69) is 20.3 Å². The highest BCUT2D eigenvalue weighted by Crippen LogP contribution is 2.16. The molecule has 112 valence electrons. The van der Waals surface area contributed by atoms with Gasteiger partial charge < -0.3 is 10.6 Å². The second-order valence-corrected chi connectivity index (χ2v) is 6.31. The fourth-order valence-electron chi connectivity index (χ4n) is 1.40. The number of aromatic nitrogens is 1. The molecule has 0 aromatic carbocycles. The third-order valence-corrected chi connectivity index (χ3v) is 3.78. The van der Waals surface area contributed by atoms with Crippen molar-refractivity contribution in [1.82, 2.24) is 15.0 Å². The third kappa shape index (κ3) is 4.78. The lowest BCUT2D eigenvalue weighted by Crippen LogP contribution is -2.38. The van der Waals surface area contributed by atoms with Crippen LogP contribution in [0.2, 0.25) is 0 Å². The molecule has 1 heterocycles. The lowest BCUT2D eigenvalue weighted by atomic mass is 10.2. The molecule has 1 aromatic heterocycles. The van der Waals surface area contributed by atoms with E-state index in [9.17, 15) is 13.2 Å². The van der Waals surface area contributed by atoms with Crippen LogP contribution < -0.4 is 15.4 Å². The minimum Gasteiger partial charge on any atom is -0.386 e. The number of hydrogen-bond acceptors (Lipinski definition) is 5. The summed E-state index contributed by atoms with van der Waals surface area (Å²) in [6.45, 7) is 4.11. The average molecular weight is 300 g/mol. The zero-order valence-corrected chi connectivity index (χ0v) is 12.6. The van der Waals surface area contributed by atoms with Gasteiger partial charge >= 0.3 is 0 Å². The van der Waals surface area contributed by atoms with E-state index in [0.717, 1.165) is 0 Å². The first kappa shape index (κ1) is 16.4. The topological polar surface area (TPSA) is 100 Å². The Morgan fingerprint density at radius 2 is 2.10 bits per heavy atom. The van der Waals surface area contributed by atoms with Gasteiger partial charge in [0.1, 0.15) is 0 Å². The molecule has 0 saturated carbocycles. The molecule has 20 heavy (non-hydrogen) atoms. The number of hydrogen-bond donors (Lipinski definition) is 3. The van der Waals surface area contributed by atoms with E-state index >= 15 is 0 Å². The van der Waals surface area contributed by atoms with E-state index < -0.39 is 10.0 Å². The number of sulfonamides is 1. The Balaban J connectivity index is 2.69. The van der Waals surface area contributed by atoms with Gasteiger partial charge in [0.25, 0.3) is 10.0 Å². The van der Waals surface area contributed by atoms with Crippen LogP contribution in [0.4, 0.5) is 5.69 Å². The number of rotatable bonds is 7. The maximum absolute atomic E-state index is 12.1. The molecule has 8 heteroatoms. The van der Waals surface area contributed by atoms with Gasteiger partial charge in [-0.05, 0) is 18.1 Å². The zero-order chi connectivity index (χ0) is 15.2. The van der Waals surface area contributed by atoms with Crippen molar-refractivity contribution < 1.29 is 13.2 Å². The Kier molecular flexibility index (Phi) is 5.90. The predicted molar refractivity (Wildman–Crippen MR) is 76.8 cm³/mol. The van der Waals surface area contributed by atoms with Crippen molar-refractivity contribution in [2.24, 2.45) is 5.92 Å². The van der Waals surface area contributed by atoms with Crippen molar-refractivity contribution in [2.75, 3.05) is 25.5 Å². The van der Waals surface area contributed by atoms with Gasteiger partial charge in [-0.25, -0.2) is 18.1 Å². The molecule has 0 fully saturated rings. The highest BCUT2D eigenvalue weighted by atomic mass is 32.2. The van der Waals surface area contributed by atoms with Crippen LogP contribution in [-0.4, -0.2) is 39.4 Å². The Bertz CT molecular complexity index is 558. The van der Waals surface area contributed by atoms with Gasteiger partial charge in [-0.2, -0.15) is 0 Å². The SMILES string of the molecule is CNc1cccnc1S(=O)(=O)NCC(=O)NCC(C)C. The molecule has 7 nitrogen and oxygen atoms in total. The molecule has 0 saturated heterocycles. The Morgan fingerprint density at radius 1 is 1.40 bits per heavy atom. The van der Waals surface area contributed by atoms with E-state index in [1.54, 1.807) is 19.2 Å². The molecule has 0 aliphatic rings. The summed E-state index contributed by atoms with van der Waals surface area (Å²) < 4.78 is 26.4. The van der Waals surface area contributed by atoms with Crippen LogP contribution in [0, 0.1) is 5.92 Å². The quantitative estimate of drug-likeness (QED) is 0.666. The Hall–Kier alpha value is -1.67. The summed E-state index contributed by atoms with van der Waals surface area (Å²) in [5, 5.41) is 5.25. The first-order valence-corrected chi connectivity index (χ1v) is 7.74. The highest BCUT2D eigenvalue weighted by molar-refractivity contribution is 7.89. The van der Waals surface area contributed by atoms with Gasteiger partial charge in [-0.15, -0.1) is 0 Å². The number of carbonyl (C=O) groups is 1. The van der Waals surface area contributed by atoms with Crippen LogP contribution in [0.1, 0.15) is 13.8 Å². The Morgan fingerprint density at radius 3 is 2.70 bits per heavy atom. The molecule has 1 amide bonds. The summed E-state index contributed by atoms with van der Waals surface area (Å²) in [5.41, 5.74) is 0.377. The van der Waals surface area contributed by atoms with Crippen molar-refractivity contribution in [3.63, 3.8) is 0 Å². The molecular weight excluding hydrogens is 280 g/mol. The molecule has 0 bridgehead atoms. The predicted octanol–water partition coefficient (Wildman–Crippen LogP) is 0.174. The summed E-state index contributed by atoms with van der Waals surface area (Å²) in [5.74, 6) is -0.0635. The number of anilines is 1. The summed E-state index contributed by atoms with van der Waals surface area (Å²) in [6.07, 6.45) is 1.38. The van der Waals surface area contributed by atoms with E-state index in [0.29, 0.717) is 18.2 Å². The molecule has 1 rings (SSSR count). The molecule has 0 spiro atoms. The lowest BCUT2D eigenvalue weighted by molar-refractivity contribution is -0.120. The minimum atomic E-state index is -3.82. The molecule has 0 atom stereocenters. The lowest BCUT2D eigenvalue weighted by Gasteiger charge is -2.11. The van der Waals surface area contributed by atoms with Crippen molar-refractivity contribution in [1.29, 1.82) is 0 Å². The number of amides is 1. The van der Waals surface area contributed by atoms with Crippen LogP contribution in [-0.2, 0) is 14.8 Å². The second-order valence-electron chi connectivity index (χ2n) is 4.63. The maximum Gasteiger partial charge on any atom is 0.260 e. The average Bonchev–Trinajstić information content (AvgIpc) is 2.43. The van der Waals surface area contributed by atoms with Crippen LogP contribution in [0.25, 0.3) is 0 Å². The molecule has 0 aliphatic heterocycles. The van der Waals surface area contributed by atoms with Gasteiger partial charge in [-0.3, -0.25) is 4.79 Å². The van der Waals surface area contributed by atoms with Crippen molar-refractivity contribution >= 4 is 21.6 Å². The standard InChI is InChI=1S/C12H20N4O3S/c1-9(2)7-15-11(17)8-16-20(18,19)12-10(13-3)5-4-6-14-12/h4-6,9,13,16H,7-8H2,1-3H3,(H,15,17). The summed E-state index contributed by atoms with van der Waals surface area (Å²) in [6, 6.07) is 3.22. The van der Waals surface area contributed by atoms with E-state index in [4.69, 9.17) is 0 Å². The molecular formula is C12H20N4O3S. The summed E-state index contributed by atoms with van der Waals surface area (Å²) >= 11 is 0. The number of nitrogens with one attached hydrogen (secondary N) is 3. The minimum absolute atomic E-state index is 0.126. The highest BCUT2D eigenvalue weighted by Gasteiger charge is 2.20. The van der Waals surface area contributed by atoms with Gasteiger partial charge in [0.05, 0.1) is 12.2 Å². The fourth-order valence-corrected chi connectivity index (χ4v) is 2.52. The van der Waals surface area contributed by atoms with E-state index in [-0.39, 0.29) is 17.5 Å². The van der Waals surface area contributed by atoms with Crippen molar-refractivity contribution in [3.05, 3.63) is 18.3 Å². The molecule has 3 N–H and O–H groups in total. The van der Waals surface area contributed by atoms with Gasteiger partial charge in [0.15, 0.2) is 5.03 Å². The first-order chi connectivity index (χ1) is 9.36. The smallest absolute Gasteiger partial charge is 0.260 e. The largest absolute Gasteiger partial charge is 0.386 e. The van der Waals surface area contributed by atoms with Crippen LogP contribution in [0.3, 0.4) is 0 Å². The monoisotopic (exact) mass is 300 g/mol. The molecule has 1 aromatic rings. The van der Waals surface area contributed by atoms with Crippen LogP contribution >= 0.6 is 0 Å². The molecule has 0 unspecified atom stereocenters. The Labute approximate surface area is 119 Å². The summed E-state index contributed by atoms with van der Waals surface area (Å²) in [7, 11) is -2.22. The van der Waals surface area contributed by atoms with E-state index in [1.807, 2.05) is 13.8 Å². The van der Waals surface area contributed by atoms with Crippen molar-refractivity contribution in [3.8, 4) is 0 Å². The third-order valence-electron chi connectivity index (χ3n) is 2.43.